The minimum Gasteiger partial charge on any atom is -0.461 e. The van der Waals surface area contributed by atoms with Crippen molar-refractivity contribution in [3.8, 4) is 11.3 Å². The summed E-state index contributed by atoms with van der Waals surface area (Å²) < 4.78 is 5.78. The van der Waals surface area contributed by atoms with Crippen molar-refractivity contribution in [3.05, 3.63) is 111 Å². The maximum Gasteiger partial charge on any atom is 0.259 e. The molecule has 3 nitrogen and oxygen atoms in total. The lowest BCUT2D eigenvalue weighted by molar-refractivity contribution is 0.102. The lowest BCUT2D eigenvalue weighted by atomic mass is 10.1. The van der Waals surface area contributed by atoms with Crippen LogP contribution in [0.15, 0.2) is 83.3 Å². The molecule has 0 aliphatic carbocycles. The third-order valence-electron chi connectivity index (χ3n) is 4.80. The normalized spacial score (nSPS) is 11.1. The Morgan fingerprint density at radius 1 is 0.839 bits per heavy atom. The fourth-order valence-corrected chi connectivity index (χ4v) is 3.43. The Bertz CT molecular complexity index is 1240. The first-order valence-electron chi connectivity index (χ1n) is 9.70. The van der Waals surface area contributed by atoms with E-state index in [4.69, 9.17) is 27.6 Å². The lowest BCUT2D eigenvalue weighted by Crippen LogP contribution is -2.11. The number of aryl methyl sites for hydroxylation is 1. The van der Waals surface area contributed by atoms with Gasteiger partial charge in [-0.15, -0.1) is 0 Å². The van der Waals surface area contributed by atoms with E-state index in [0.29, 0.717) is 32.8 Å². The van der Waals surface area contributed by atoms with Crippen LogP contribution >= 0.6 is 23.2 Å². The Balaban J connectivity index is 1.46. The summed E-state index contributed by atoms with van der Waals surface area (Å²) in [6.45, 7) is 1.76. The predicted octanol–water partition coefficient (Wildman–Crippen LogP) is 7.98. The average Bonchev–Trinajstić information content (AvgIpc) is 3.17. The summed E-state index contributed by atoms with van der Waals surface area (Å²) in [4.78, 5) is 12.8. The quantitative estimate of drug-likeness (QED) is 0.315. The maximum absolute atomic E-state index is 12.8. The Morgan fingerprint density at radius 2 is 1.52 bits per heavy atom. The highest BCUT2D eigenvalue weighted by atomic mass is 35.5. The van der Waals surface area contributed by atoms with Crippen molar-refractivity contribution in [2.24, 2.45) is 0 Å². The molecule has 1 aromatic heterocycles. The minimum absolute atomic E-state index is 0.236. The van der Waals surface area contributed by atoms with E-state index in [1.54, 1.807) is 31.2 Å². The van der Waals surface area contributed by atoms with Gasteiger partial charge in [0.25, 0.3) is 5.91 Å². The summed E-state index contributed by atoms with van der Waals surface area (Å²) in [7, 11) is 0. The molecule has 0 radical (unpaired) electrons. The van der Waals surface area contributed by atoms with Gasteiger partial charge in [0.05, 0.1) is 15.6 Å². The molecular formula is C26H19Cl2NO2. The van der Waals surface area contributed by atoms with Gasteiger partial charge in [-0.2, -0.15) is 0 Å². The standard InChI is InChI=1S/C26H19Cl2NO2/c1-17-22(16-25(31-17)20-11-14-23(27)24(28)15-20)26(30)29-21-12-9-19(10-13-21)8-7-18-5-3-2-4-6-18/h2-16H,1H3,(H,29,30)/b8-7+. The molecule has 0 saturated carbocycles. The second-order valence-electron chi connectivity index (χ2n) is 7.03. The van der Waals surface area contributed by atoms with E-state index in [9.17, 15) is 4.79 Å². The summed E-state index contributed by atoms with van der Waals surface area (Å²) in [6, 6.07) is 24.7. The van der Waals surface area contributed by atoms with Gasteiger partial charge in [-0.05, 0) is 54.4 Å². The van der Waals surface area contributed by atoms with E-state index in [-0.39, 0.29) is 5.91 Å². The predicted molar refractivity (Wildman–Crippen MR) is 129 cm³/mol. The van der Waals surface area contributed by atoms with Crippen molar-refractivity contribution in [3.63, 3.8) is 0 Å². The van der Waals surface area contributed by atoms with Crippen molar-refractivity contribution in [1.82, 2.24) is 0 Å². The molecule has 0 aliphatic heterocycles. The molecule has 5 heteroatoms. The summed E-state index contributed by atoms with van der Waals surface area (Å²) in [5, 5.41) is 3.81. The topological polar surface area (TPSA) is 42.2 Å². The van der Waals surface area contributed by atoms with Crippen molar-refractivity contribution in [1.29, 1.82) is 0 Å². The Hall–Kier alpha value is -3.27. The number of nitrogens with one attached hydrogen (secondary N) is 1. The van der Waals surface area contributed by atoms with Crippen molar-refractivity contribution >= 4 is 46.9 Å². The van der Waals surface area contributed by atoms with E-state index in [2.05, 4.69) is 5.32 Å². The summed E-state index contributed by atoms with van der Waals surface area (Å²) in [5.41, 5.74) is 4.11. The van der Waals surface area contributed by atoms with Gasteiger partial charge in [0.2, 0.25) is 0 Å². The van der Waals surface area contributed by atoms with Gasteiger partial charge in [0.15, 0.2) is 0 Å². The molecule has 1 heterocycles. The van der Waals surface area contributed by atoms with Crippen LogP contribution in [0.1, 0.15) is 27.2 Å². The summed E-state index contributed by atoms with van der Waals surface area (Å²) in [5.74, 6) is 0.851. The molecule has 1 amide bonds. The molecule has 0 unspecified atom stereocenters. The van der Waals surface area contributed by atoms with E-state index >= 15 is 0 Å². The first-order chi connectivity index (χ1) is 15.0. The zero-order valence-electron chi connectivity index (χ0n) is 16.7. The number of rotatable bonds is 5. The number of furan rings is 1. The number of amides is 1. The molecule has 4 aromatic rings. The van der Waals surface area contributed by atoms with Crippen LogP contribution in [-0.2, 0) is 0 Å². The highest BCUT2D eigenvalue weighted by molar-refractivity contribution is 6.42. The van der Waals surface area contributed by atoms with Crippen molar-refractivity contribution in [2.45, 2.75) is 6.92 Å². The molecule has 0 fully saturated rings. The van der Waals surface area contributed by atoms with Crippen LogP contribution in [-0.4, -0.2) is 5.91 Å². The van der Waals surface area contributed by atoms with Gasteiger partial charge in [-0.3, -0.25) is 4.79 Å². The highest BCUT2D eigenvalue weighted by Crippen LogP contribution is 2.31. The lowest BCUT2D eigenvalue weighted by Gasteiger charge is -2.04. The van der Waals surface area contributed by atoms with Gasteiger partial charge in [0, 0.05) is 11.3 Å². The van der Waals surface area contributed by atoms with E-state index in [1.807, 2.05) is 66.7 Å². The smallest absolute Gasteiger partial charge is 0.259 e. The summed E-state index contributed by atoms with van der Waals surface area (Å²) >= 11 is 12.1. The number of carbonyl (C=O) groups is 1. The molecule has 0 aliphatic rings. The van der Waals surface area contributed by atoms with E-state index in [0.717, 1.165) is 16.7 Å². The third-order valence-corrected chi connectivity index (χ3v) is 5.54. The van der Waals surface area contributed by atoms with Crippen LogP contribution in [0.25, 0.3) is 23.5 Å². The molecule has 154 valence electrons. The van der Waals surface area contributed by atoms with Gasteiger partial charge in [-0.25, -0.2) is 0 Å². The summed E-state index contributed by atoms with van der Waals surface area (Å²) in [6.07, 6.45) is 4.08. The number of carbonyl (C=O) groups excluding carboxylic acids is 1. The zero-order chi connectivity index (χ0) is 21.8. The maximum atomic E-state index is 12.8. The van der Waals surface area contributed by atoms with E-state index < -0.39 is 0 Å². The van der Waals surface area contributed by atoms with Crippen LogP contribution in [0.5, 0.6) is 0 Å². The monoisotopic (exact) mass is 447 g/mol. The second kappa shape index (κ2) is 9.25. The fraction of sp³-hybridized carbons (Fsp3) is 0.0385. The molecule has 0 bridgehead atoms. The number of halogens is 2. The van der Waals surface area contributed by atoms with Crippen molar-refractivity contribution in [2.75, 3.05) is 5.32 Å². The largest absolute Gasteiger partial charge is 0.461 e. The molecular weight excluding hydrogens is 429 g/mol. The minimum atomic E-state index is -0.236. The van der Waals surface area contributed by atoms with Gasteiger partial charge >= 0.3 is 0 Å². The number of anilines is 1. The molecule has 0 spiro atoms. The molecule has 0 saturated heterocycles. The van der Waals surface area contributed by atoms with Gasteiger partial charge < -0.3 is 9.73 Å². The molecule has 0 atom stereocenters. The molecule has 4 rings (SSSR count). The van der Waals surface area contributed by atoms with Crippen LogP contribution in [0, 0.1) is 6.92 Å². The third kappa shape index (κ3) is 5.08. The number of hydrogen-bond donors (Lipinski definition) is 1. The average molecular weight is 448 g/mol. The zero-order valence-corrected chi connectivity index (χ0v) is 18.2. The highest BCUT2D eigenvalue weighted by Gasteiger charge is 2.17. The fourth-order valence-electron chi connectivity index (χ4n) is 3.13. The Labute approximate surface area is 190 Å². The SMILES string of the molecule is Cc1oc(-c2ccc(Cl)c(Cl)c2)cc1C(=O)Nc1ccc(/C=C/c2ccccc2)cc1. The number of hydrogen-bond acceptors (Lipinski definition) is 2. The second-order valence-corrected chi connectivity index (χ2v) is 7.84. The van der Waals surface area contributed by atoms with Crippen LogP contribution < -0.4 is 5.32 Å². The van der Waals surface area contributed by atoms with Crippen LogP contribution in [0.4, 0.5) is 5.69 Å². The van der Waals surface area contributed by atoms with Crippen LogP contribution in [0.3, 0.4) is 0 Å². The first-order valence-corrected chi connectivity index (χ1v) is 10.5. The molecule has 3 aromatic carbocycles. The van der Waals surface area contributed by atoms with Gasteiger partial charge in [0.1, 0.15) is 11.5 Å². The number of benzene rings is 3. The molecule has 31 heavy (non-hydrogen) atoms. The van der Waals surface area contributed by atoms with Gasteiger partial charge in [-0.1, -0.05) is 77.8 Å². The molecule has 1 N–H and O–H groups in total. The Kier molecular flexibility index (Phi) is 6.26. The van der Waals surface area contributed by atoms with E-state index in [1.165, 1.54) is 0 Å². The first kappa shape index (κ1) is 21.0. The van der Waals surface area contributed by atoms with Crippen molar-refractivity contribution < 1.29 is 9.21 Å². The Morgan fingerprint density at radius 3 is 2.19 bits per heavy atom. The van der Waals surface area contributed by atoms with Crippen LogP contribution in [0.2, 0.25) is 10.0 Å².